The molecule has 4 N–H and O–H groups in total. The van der Waals surface area contributed by atoms with Crippen molar-refractivity contribution in [2.24, 2.45) is 0 Å². The Bertz CT molecular complexity index is 413. The number of rotatable bonds is 12. The first-order chi connectivity index (χ1) is 11.4. The monoisotopic (exact) mass is 340 g/mol. The molecule has 0 saturated carbocycles. The van der Waals surface area contributed by atoms with Crippen LogP contribution in [0.25, 0.3) is 0 Å². The van der Waals surface area contributed by atoms with Crippen molar-refractivity contribution in [3.8, 4) is 11.5 Å². The number of ether oxygens (including phenoxy) is 2. The second-order valence-corrected chi connectivity index (χ2v) is 6.50. The molecule has 2 atom stereocenters. The number of benzene rings is 1. The molecule has 24 heavy (non-hydrogen) atoms. The van der Waals surface area contributed by atoms with Gasteiger partial charge in [0.25, 0.3) is 0 Å². The highest BCUT2D eigenvalue weighted by Gasteiger charge is 2.11. The van der Waals surface area contributed by atoms with Gasteiger partial charge in [-0.15, -0.1) is 0 Å². The van der Waals surface area contributed by atoms with E-state index in [1.807, 2.05) is 39.8 Å². The smallest absolute Gasteiger partial charge is 0.161 e. The summed E-state index contributed by atoms with van der Waals surface area (Å²) in [6.45, 7) is 9.40. The molecule has 0 amide bonds. The van der Waals surface area contributed by atoms with Crippen molar-refractivity contribution in [1.82, 2.24) is 10.6 Å². The van der Waals surface area contributed by atoms with Crippen LogP contribution in [0.2, 0.25) is 0 Å². The van der Waals surface area contributed by atoms with Crippen LogP contribution in [0.5, 0.6) is 11.5 Å². The summed E-state index contributed by atoms with van der Waals surface area (Å²) in [7, 11) is 0. The standard InChI is InChI=1S/C18H32N2O4/c1-13(2)19-9-15(21)11-23-17-7-5-6-8-18(17)24-12-16(22)10-20-14(3)4/h5-8,13-16,19-22H,9-12H2,1-4H3. The van der Waals surface area contributed by atoms with Crippen molar-refractivity contribution in [2.75, 3.05) is 26.3 Å². The summed E-state index contributed by atoms with van der Waals surface area (Å²) in [5.74, 6) is 1.12. The van der Waals surface area contributed by atoms with E-state index < -0.39 is 12.2 Å². The van der Waals surface area contributed by atoms with E-state index in [9.17, 15) is 10.2 Å². The molecular formula is C18H32N2O4. The third-order valence-electron chi connectivity index (χ3n) is 3.24. The van der Waals surface area contributed by atoms with E-state index in [4.69, 9.17) is 9.47 Å². The van der Waals surface area contributed by atoms with Crippen LogP contribution < -0.4 is 20.1 Å². The molecule has 6 heteroatoms. The summed E-state index contributed by atoms with van der Waals surface area (Å²) in [4.78, 5) is 0. The maximum atomic E-state index is 9.91. The molecule has 6 nitrogen and oxygen atoms in total. The number of nitrogens with one attached hydrogen (secondary N) is 2. The van der Waals surface area contributed by atoms with Crippen LogP contribution in [0.15, 0.2) is 24.3 Å². The van der Waals surface area contributed by atoms with E-state index in [1.165, 1.54) is 0 Å². The Morgan fingerprint density at radius 2 is 1.17 bits per heavy atom. The minimum absolute atomic E-state index is 0.178. The van der Waals surface area contributed by atoms with Crippen LogP contribution in [0.4, 0.5) is 0 Å². The van der Waals surface area contributed by atoms with E-state index >= 15 is 0 Å². The van der Waals surface area contributed by atoms with Gasteiger partial charge in [-0.05, 0) is 12.1 Å². The van der Waals surface area contributed by atoms with Crippen molar-refractivity contribution < 1.29 is 19.7 Å². The van der Waals surface area contributed by atoms with Crippen molar-refractivity contribution in [1.29, 1.82) is 0 Å². The van der Waals surface area contributed by atoms with Crippen molar-refractivity contribution in [3.05, 3.63) is 24.3 Å². The summed E-state index contributed by atoms with van der Waals surface area (Å²) in [6.07, 6.45) is -1.19. The first-order valence-corrected chi connectivity index (χ1v) is 8.56. The fourth-order valence-corrected chi connectivity index (χ4v) is 1.92. The lowest BCUT2D eigenvalue weighted by molar-refractivity contribution is 0.0909. The molecule has 0 aliphatic carbocycles. The average Bonchev–Trinajstić information content (AvgIpc) is 2.55. The Kier molecular flexibility index (Phi) is 9.71. The lowest BCUT2D eigenvalue weighted by atomic mass is 10.3. The summed E-state index contributed by atoms with van der Waals surface area (Å²) in [5, 5.41) is 26.1. The highest BCUT2D eigenvalue weighted by molar-refractivity contribution is 5.39. The predicted molar refractivity (Wildman–Crippen MR) is 95.7 cm³/mol. The molecular weight excluding hydrogens is 308 g/mol. The number of para-hydroxylation sites is 2. The van der Waals surface area contributed by atoms with E-state index in [2.05, 4.69) is 10.6 Å². The molecule has 1 aromatic rings. The topological polar surface area (TPSA) is 83.0 Å². The van der Waals surface area contributed by atoms with E-state index in [0.717, 1.165) is 0 Å². The van der Waals surface area contributed by atoms with Crippen molar-refractivity contribution in [2.45, 2.75) is 52.0 Å². The zero-order chi connectivity index (χ0) is 17.9. The van der Waals surface area contributed by atoms with Gasteiger partial charge in [0.05, 0.1) is 0 Å². The zero-order valence-electron chi connectivity index (χ0n) is 15.2. The molecule has 138 valence electrons. The first kappa shape index (κ1) is 20.7. The molecule has 0 heterocycles. The van der Waals surface area contributed by atoms with Gasteiger partial charge in [0.1, 0.15) is 25.4 Å². The second-order valence-electron chi connectivity index (χ2n) is 6.50. The minimum Gasteiger partial charge on any atom is -0.487 e. The van der Waals surface area contributed by atoms with Gasteiger partial charge in [-0.1, -0.05) is 39.8 Å². The Morgan fingerprint density at radius 3 is 1.50 bits per heavy atom. The molecule has 0 aliphatic heterocycles. The summed E-state index contributed by atoms with van der Waals surface area (Å²) < 4.78 is 11.3. The quantitative estimate of drug-likeness (QED) is 0.457. The molecule has 0 radical (unpaired) electrons. The molecule has 0 spiro atoms. The first-order valence-electron chi connectivity index (χ1n) is 8.56. The number of aliphatic hydroxyl groups is 2. The SMILES string of the molecule is CC(C)NCC(O)COc1ccccc1OCC(O)CNC(C)C. The third-order valence-corrected chi connectivity index (χ3v) is 3.24. The molecule has 0 aromatic heterocycles. The van der Waals surface area contributed by atoms with E-state index in [1.54, 1.807) is 12.1 Å². The van der Waals surface area contributed by atoms with E-state index in [0.29, 0.717) is 36.7 Å². The van der Waals surface area contributed by atoms with Gasteiger partial charge in [-0.3, -0.25) is 0 Å². The Labute approximate surface area is 145 Å². The fraction of sp³-hybridized carbons (Fsp3) is 0.667. The third kappa shape index (κ3) is 9.08. The van der Waals surface area contributed by atoms with Crippen molar-refractivity contribution in [3.63, 3.8) is 0 Å². The van der Waals surface area contributed by atoms with Crippen LogP contribution >= 0.6 is 0 Å². The molecule has 0 fully saturated rings. The van der Waals surface area contributed by atoms with Crippen LogP contribution in [0, 0.1) is 0 Å². The highest BCUT2D eigenvalue weighted by atomic mass is 16.5. The van der Waals surface area contributed by atoms with Gasteiger partial charge >= 0.3 is 0 Å². The van der Waals surface area contributed by atoms with Crippen LogP contribution in [0.1, 0.15) is 27.7 Å². The minimum atomic E-state index is -0.596. The summed E-state index contributed by atoms with van der Waals surface area (Å²) >= 11 is 0. The summed E-state index contributed by atoms with van der Waals surface area (Å²) in [5.41, 5.74) is 0. The highest BCUT2D eigenvalue weighted by Crippen LogP contribution is 2.26. The van der Waals surface area contributed by atoms with Gasteiger partial charge < -0.3 is 30.3 Å². The molecule has 0 saturated heterocycles. The van der Waals surface area contributed by atoms with Crippen LogP contribution in [0.3, 0.4) is 0 Å². The van der Waals surface area contributed by atoms with Crippen LogP contribution in [-0.4, -0.2) is 60.8 Å². The normalized spacial score (nSPS) is 14.0. The van der Waals surface area contributed by atoms with Crippen LogP contribution in [-0.2, 0) is 0 Å². The Morgan fingerprint density at radius 1 is 0.792 bits per heavy atom. The maximum absolute atomic E-state index is 9.91. The molecule has 0 bridgehead atoms. The van der Waals surface area contributed by atoms with Crippen molar-refractivity contribution >= 4 is 0 Å². The zero-order valence-corrected chi connectivity index (χ0v) is 15.2. The average molecular weight is 340 g/mol. The maximum Gasteiger partial charge on any atom is 0.161 e. The largest absolute Gasteiger partial charge is 0.487 e. The second kappa shape index (κ2) is 11.3. The number of hydrogen-bond acceptors (Lipinski definition) is 6. The summed E-state index contributed by atoms with van der Waals surface area (Å²) in [6, 6.07) is 7.90. The predicted octanol–water partition coefficient (Wildman–Crippen LogP) is 1.16. The van der Waals surface area contributed by atoms with Gasteiger partial charge in [0.2, 0.25) is 0 Å². The Balaban J connectivity index is 2.43. The van der Waals surface area contributed by atoms with E-state index in [-0.39, 0.29) is 13.2 Å². The number of aliphatic hydroxyl groups excluding tert-OH is 2. The van der Waals surface area contributed by atoms with Gasteiger partial charge in [0, 0.05) is 25.2 Å². The van der Waals surface area contributed by atoms with Gasteiger partial charge in [-0.25, -0.2) is 0 Å². The molecule has 2 unspecified atom stereocenters. The molecule has 1 aromatic carbocycles. The molecule has 1 rings (SSSR count). The Hall–Kier alpha value is -1.34. The molecule has 0 aliphatic rings. The van der Waals surface area contributed by atoms with Gasteiger partial charge in [-0.2, -0.15) is 0 Å². The van der Waals surface area contributed by atoms with Gasteiger partial charge in [0.15, 0.2) is 11.5 Å². The fourth-order valence-electron chi connectivity index (χ4n) is 1.92. The number of hydrogen-bond donors (Lipinski definition) is 4. The lowest BCUT2D eigenvalue weighted by Gasteiger charge is -2.18. The lowest BCUT2D eigenvalue weighted by Crippen LogP contribution is -2.35.